The Morgan fingerprint density at radius 2 is 2.47 bits per heavy atom. The number of β-amino-alcohol motifs (C(OH)–C–C–N with tert-alkyl or cyclic N) is 1. The zero-order valence-corrected chi connectivity index (χ0v) is 8.78. The molecule has 1 aromatic heterocycles. The van der Waals surface area contributed by atoms with Gasteiger partial charge in [0.05, 0.1) is 11.7 Å². The lowest BCUT2D eigenvalue weighted by Gasteiger charge is -2.17. The molecular weight excluding hydrogens is 214 g/mol. The summed E-state index contributed by atoms with van der Waals surface area (Å²) in [5, 5.41) is 18.6. The van der Waals surface area contributed by atoms with E-state index in [0.717, 1.165) is 13.0 Å². The van der Waals surface area contributed by atoms with Crippen LogP contribution in [0.2, 0.25) is 5.02 Å². The molecule has 0 radical (unpaired) electrons. The molecule has 2 heterocycles. The summed E-state index contributed by atoms with van der Waals surface area (Å²) in [6.07, 6.45) is 1.95. The third-order valence-electron chi connectivity index (χ3n) is 2.45. The van der Waals surface area contributed by atoms with Gasteiger partial charge in [-0.3, -0.25) is 0 Å². The molecule has 78 valence electrons. The highest BCUT2D eigenvalue weighted by atomic mass is 35.5. The molecule has 0 aromatic carbocycles. The van der Waals surface area contributed by atoms with Crippen LogP contribution in [0.25, 0.3) is 0 Å². The minimum atomic E-state index is -0.325. The summed E-state index contributed by atoms with van der Waals surface area (Å²) < 4.78 is 0. The number of halogens is 1. The largest absolute Gasteiger partial charge is 0.391 e. The molecule has 1 atom stereocenters. The first kappa shape index (κ1) is 10.2. The molecule has 4 nitrogen and oxygen atoms in total. The van der Waals surface area contributed by atoms with Crippen molar-refractivity contribution in [3.8, 4) is 6.07 Å². The summed E-state index contributed by atoms with van der Waals surface area (Å²) >= 11 is 6.03. The number of hydrogen-bond acceptors (Lipinski definition) is 4. The number of nitriles is 1. The number of rotatable bonds is 1. The van der Waals surface area contributed by atoms with Gasteiger partial charge in [0, 0.05) is 19.3 Å². The van der Waals surface area contributed by atoms with Gasteiger partial charge in [-0.05, 0) is 12.5 Å². The number of hydrogen-bond donors (Lipinski definition) is 1. The van der Waals surface area contributed by atoms with E-state index in [1.807, 2.05) is 11.0 Å². The molecule has 1 aliphatic rings. The molecule has 1 N–H and O–H groups in total. The van der Waals surface area contributed by atoms with E-state index in [1.165, 1.54) is 0 Å². The van der Waals surface area contributed by atoms with Crippen LogP contribution in [0.3, 0.4) is 0 Å². The van der Waals surface area contributed by atoms with Crippen LogP contribution >= 0.6 is 11.6 Å². The van der Waals surface area contributed by atoms with Gasteiger partial charge in [-0.1, -0.05) is 11.6 Å². The van der Waals surface area contributed by atoms with E-state index < -0.39 is 0 Å². The Bertz CT molecular complexity index is 416. The third kappa shape index (κ3) is 1.89. The van der Waals surface area contributed by atoms with Crippen LogP contribution in [0.5, 0.6) is 0 Å². The van der Waals surface area contributed by atoms with Crippen LogP contribution < -0.4 is 4.90 Å². The Morgan fingerprint density at radius 1 is 1.67 bits per heavy atom. The molecular formula is C10H10ClN3O. The molecule has 0 spiro atoms. The van der Waals surface area contributed by atoms with Crippen LogP contribution in [0.4, 0.5) is 5.82 Å². The number of pyridine rings is 1. The second kappa shape index (κ2) is 4.05. The summed E-state index contributed by atoms with van der Waals surface area (Å²) in [5.41, 5.74) is 0.419. The molecule has 1 saturated heterocycles. The maximum Gasteiger partial charge on any atom is 0.148 e. The fourth-order valence-corrected chi connectivity index (χ4v) is 1.95. The van der Waals surface area contributed by atoms with Crippen molar-refractivity contribution in [2.75, 3.05) is 18.0 Å². The standard InChI is InChI=1S/C10H10ClN3O/c11-9-7(5-12)1-3-13-10(9)14-4-2-8(15)6-14/h1,3,8,15H,2,4,6H2. The van der Waals surface area contributed by atoms with Crippen LogP contribution in [0.1, 0.15) is 12.0 Å². The number of nitrogens with zero attached hydrogens (tertiary/aromatic N) is 3. The van der Waals surface area contributed by atoms with E-state index >= 15 is 0 Å². The lowest BCUT2D eigenvalue weighted by atomic mass is 10.3. The highest BCUT2D eigenvalue weighted by molar-refractivity contribution is 6.34. The number of anilines is 1. The summed E-state index contributed by atoms with van der Waals surface area (Å²) in [4.78, 5) is 6.03. The lowest BCUT2D eigenvalue weighted by molar-refractivity contribution is 0.198. The van der Waals surface area contributed by atoms with Crippen LogP contribution in [-0.4, -0.2) is 29.3 Å². The molecule has 15 heavy (non-hydrogen) atoms. The van der Waals surface area contributed by atoms with Crippen molar-refractivity contribution < 1.29 is 5.11 Å². The summed E-state index contributed by atoms with van der Waals surface area (Å²) in [5.74, 6) is 0.590. The van der Waals surface area contributed by atoms with Crippen molar-refractivity contribution >= 4 is 17.4 Å². The minimum absolute atomic E-state index is 0.325. The predicted octanol–water partition coefficient (Wildman–Crippen LogP) is 1.18. The molecule has 0 aliphatic carbocycles. The van der Waals surface area contributed by atoms with E-state index in [4.69, 9.17) is 16.9 Å². The van der Waals surface area contributed by atoms with E-state index in [1.54, 1.807) is 12.3 Å². The van der Waals surface area contributed by atoms with Gasteiger partial charge >= 0.3 is 0 Å². The summed E-state index contributed by atoms with van der Waals surface area (Å²) in [6.45, 7) is 1.25. The second-order valence-electron chi connectivity index (χ2n) is 3.50. The highest BCUT2D eigenvalue weighted by Gasteiger charge is 2.23. The first-order chi connectivity index (χ1) is 7.22. The SMILES string of the molecule is N#Cc1ccnc(N2CCC(O)C2)c1Cl. The van der Waals surface area contributed by atoms with Gasteiger partial charge < -0.3 is 10.0 Å². The predicted molar refractivity (Wildman–Crippen MR) is 56.8 cm³/mol. The zero-order chi connectivity index (χ0) is 10.8. The van der Waals surface area contributed by atoms with Gasteiger partial charge in [-0.2, -0.15) is 5.26 Å². The lowest BCUT2D eigenvalue weighted by Crippen LogP contribution is -2.22. The second-order valence-corrected chi connectivity index (χ2v) is 3.87. The van der Waals surface area contributed by atoms with Gasteiger partial charge in [0.25, 0.3) is 0 Å². The first-order valence-electron chi connectivity index (χ1n) is 4.70. The fraction of sp³-hybridized carbons (Fsp3) is 0.400. The number of aromatic nitrogens is 1. The zero-order valence-electron chi connectivity index (χ0n) is 8.02. The molecule has 0 amide bonds. The Hall–Kier alpha value is -1.31. The summed E-state index contributed by atoms with van der Waals surface area (Å²) in [6, 6.07) is 3.59. The van der Waals surface area contributed by atoms with Gasteiger partial charge in [0.15, 0.2) is 0 Å². The monoisotopic (exact) mass is 223 g/mol. The third-order valence-corrected chi connectivity index (χ3v) is 2.83. The normalized spacial score (nSPS) is 20.3. The molecule has 0 bridgehead atoms. The van der Waals surface area contributed by atoms with E-state index in [-0.39, 0.29) is 6.10 Å². The summed E-state index contributed by atoms with van der Waals surface area (Å²) in [7, 11) is 0. The van der Waals surface area contributed by atoms with Crippen LogP contribution in [0, 0.1) is 11.3 Å². The molecule has 1 aromatic rings. The van der Waals surface area contributed by atoms with Crippen LogP contribution in [0.15, 0.2) is 12.3 Å². The van der Waals surface area contributed by atoms with Crippen molar-refractivity contribution in [3.63, 3.8) is 0 Å². The quantitative estimate of drug-likeness (QED) is 0.777. The molecule has 5 heteroatoms. The number of aliphatic hydroxyl groups excluding tert-OH is 1. The first-order valence-corrected chi connectivity index (χ1v) is 5.08. The Morgan fingerprint density at radius 3 is 3.07 bits per heavy atom. The van der Waals surface area contributed by atoms with Crippen molar-refractivity contribution in [2.45, 2.75) is 12.5 Å². The van der Waals surface area contributed by atoms with E-state index in [2.05, 4.69) is 4.98 Å². The van der Waals surface area contributed by atoms with Gasteiger partial charge in [-0.15, -0.1) is 0 Å². The van der Waals surface area contributed by atoms with Crippen molar-refractivity contribution in [1.82, 2.24) is 4.98 Å². The van der Waals surface area contributed by atoms with Crippen molar-refractivity contribution in [3.05, 3.63) is 22.8 Å². The van der Waals surface area contributed by atoms with E-state index in [0.29, 0.717) is 22.9 Å². The average molecular weight is 224 g/mol. The molecule has 1 fully saturated rings. The fourth-order valence-electron chi connectivity index (χ4n) is 1.67. The Kier molecular flexibility index (Phi) is 2.76. The van der Waals surface area contributed by atoms with E-state index in [9.17, 15) is 5.11 Å². The minimum Gasteiger partial charge on any atom is -0.391 e. The molecule has 1 aliphatic heterocycles. The number of aliphatic hydroxyl groups is 1. The maximum absolute atomic E-state index is 9.40. The van der Waals surface area contributed by atoms with Crippen molar-refractivity contribution in [2.24, 2.45) is 0 Å². The highest BCUT2D eigenvalue weighted by Crippen LogP contribution is 2.28. The molecule has 1 unspecified atom stereocenters. The smallest absolute Gasteiger partial charge is 0.148 e. The maximum atomic E-state index is 9.40. The Labute approximate surface area is 92.7 Å². The molecule has 2 rings (SSSR count). The van der Waals surface area contributed by atoms with Gasteiger partial charge in [0.2, 0.25) is 0 Å². The van der Waals surface area contributed by atoms with Crippen LogP contribution in [-0.2, 0) is 0 Å². The average Bonchev–Trinajstić information content (AvgIpc) is 2.65. The topological polar surface area (TPSA) is 60.2 Å². The van der Waals surface area contributed by atoms with Gasteiger partial charge in [-0.25, -0.2) is 4.98 Å². The Balaban J connectivity index is 2.33. The molecule has 0 saturated carbocycles. The van der Waals surface area contributed by atoms with Gasteiger partial charge in [0.1, 0.15) is 16.9 Å². The van der Waals surface area contributed by atoms with Crippen molar-refractivity contribution in [1.29, 1.82) is 5.26 Å².